The van der Waals surface area contributed by atoms with Gasteiger partial charge in [-0.25, -0.2) is 13.4 Å². The second-order valence-corrected chi connectivity index (χ2v) is 9.36. The molecule has 1 amide bonds. The summed E-state index contributed by atoms with van der Waals surface area (Å²) in [6.45, 7) is 3.83. The van der Waals surface area contributed by atoms with Crippen molar-refractivity contribution in [1.82, 2.24) is 5.01 Å². The summed E-state index contributed by atoms with van der Waals surface area (Å²) in [5, 5.41) is 6.20. The number of anilines is 1. The van der Waals surface area contributed by atoms with Crippen molar-refractivity contribution >= 4 is 27.3 Å². The van der Waals surface area contributed by atoms with E-state index in [-0.39, 0.29) is 16.8 Å². The van der Waals surface area contributed by atoms with Gasteiger partial charge in [-0.05, 0) is 36.2 Å². The number of aryl methyl sites for hydroxylation is 1. The number of hydrogen-bond donors (Lipinski definition) is 1. The first-order valence-electron chi connectivity index (χ1n) is 10.5. The van der Waals surface area contributed by atoms with Crippen LogP contribution in [-0.4, -0.2) is 25.0 Å². The zero-order chi connectivity index (χ0) is 22.7. The van der Waals surface area contributed by atoms with Gasteiger partial charge in [-0.2, -0.15) is 5.10 Å². The number of carbonyl (C=O) groups excluding carboxylic acids is 1. The maximum absolute atomic E-state index is 12.9. The Morgan fingerprint density at radius 2 is 1.66 bits per heavy atom. The molecule has 0 saturated carbocycles. The lowest BCUT2D eigenvalue weighted by Gasteiger charge is -2.23. The van der Waals surface area contributed by atoms with Crippen molar-refractivity contribution in [3.05, 3.63) is 95.6 Å². The molecule has 0 bridgehead atoms. The van der Waals surface area contributed by atoms with Gasteiger partial charge in [0.15, 0.2) is 0 Å². The highest BCUT2D eigenvalue weighted by atomic mass is 32.2. The molecule has 164 valence electrons. The third-order valence-corrected chi connectivity index (χ3v) is 6.93. The van der Waals surface area contributed by atoms with E-state index in [1.165, 1.54) is 0 Å². The zero-order valence-corrected chi connectivity index (χ0v) is 18.8. The van der Waals surface area contributed by atoms with E-state index in [1.807, 2.05) is 50.2 Å². The molecule has 32 heavy (non-hydrogen) atoms. The van der Waals surface area contributed by atoms with Crippen LogP contribution >= 0.6 is 0 Å². The summed E-state index contributed by atoms with van der Waals surface area (Å²) in [6.07, 6.45) is 0.835. The Hall–Kier alpha value is -3.45. The second kappa shape index (κ2) is 8.96. The van der Waals surface area contributed by atoms with Crippen molar-refractivity contribution in [3.63, 3.8) is 0 Å². The van der Waals surface area contributed by atoms with Crippen molar-refractivity contribution in [2.24, 2.45) is 5.10 Å². The number of para-hydroxylation sites is 1. The van der Waals surface area contributed by atoms with Crippen LogP contribution in [0.2, 0.25) is 0 Å². The first-order chi connectivity index (χ1) is 15.4. The van der Waals surface area contributed by atoms with E-state index in [9.17, 15) is 13.2 Å². The number of hydrazone groups is 1. The van der Waals surface area contributed by atoms with Gasteiger partial charge in [0.2, 0.25) is 5.91 Å². The van der Waals surface area contributed by atoms with Crippen molar-refractivity contribution < 1.29 is 13.2 Å². The van der Waals surface area contributed by atoms with E-state index < -0.39 is 10.0 Å². The SMILES string of the molecule is CCC(=O)N1N=C(c2ccccc2NS(=O)(=O)c2ccccc2)CC1c1ccccc1C. The summed E-state index contributed by atoms with van der Waals surface area (Å²) in [6, 6.07) is 23.1. The van der Waals surface area contributed by atoms with Crippen molar-refractivity contribution in [1.29, 1.82) is 0 Å². The van der Waals surface area contributed by atoms with Crippen LogP contribution in [0.3, 0.4) is 0 Å². The highest BCUT2D eigenvalue weighted by Gasteiger charge is 2.34. The topological polar surface area (TPSA) is 78.8 Å². The molecule has 0 radical (unpaired) electrons. The lowest BCUT2D eigenvalue weighted by molar-refractivity contribution is -0.132. The first-order valence-corrected chi connectivity index (χ1v) is 12.0. The smallest absolute Gasteiger partial charge is 0.261 e. The molecule has 3 aromatic rings. The normalized spacial score (nSPS) is 16.0. The minimum Gasteiger partial charge on any atom is -0.279 e. The van der Waals surface area contributed by atoms with Crippen LogP contribution in [0.5, 0.6) is 0 Å². The van der Waals surface area contributed by atoms with Crippen LogP contribution in [-0.2, 0) is 14.8 Å². The number of sulfonamides is 1. The van der Waals surface area contributed by atoms with Crippen LogP contribution in [0, 0.1) is 6.92 Å². The lowest BCUT2D eigenvalue weighted by atomic mass is 9.94. The Bertz CT molecular complexity index is 1270. The summed E-state index contributed by atoms with van der Waals surface area (Å²) in [5.74, 6) is -0.0735. The van der Waals surface area contributed by atoms with Gasteiger partial charge in [0, 0.05) is 18.4 Å². The van der Waals surface area contributed by atoms with Crippen molar-refractivity contribution in [2.45, 2.75) is 37.6 Å². The maximum atomic E-state index is 12.9. The van der Waals surface area contributed by atoms with E-state index in [0.29, 0.717) is 29.8 Å². The fourth-order valence-corrected chi connectivity index (χ4v) is 5.00. The standard InChI is InChI=1S/C25H25N3O3S/c1-3-25(29)28-24(20-14-8-7-11-18(20)2)17-23(26-28)21-15-9-10-16-22(21)27-32(30,31)19-12-5-4-6-13-19/h4-16,24,27H,3,17H2,1-2H3. The van der Waals surface area contributed by atoms with Gasteiger partial charge in [-0.15, -0.1) is 0 Å². The number of benzene rings is 3. The fraction of sp³-hybridized carbons (Fsp3) is 0.200. The van der Waals surface area contributed by atoms with Crippen LogP contribution in [0.15, 0.2) is 88.9 Å². The summed E-state index contributed by atoms with van der Waals surface area (Å²) >= 11 is 0. The summed E-state index contributed by atoms with van der Waals surface area (Å²) in [7, 11) is -3.76. The average molecular weight is 448 g/mol. The third kappa shape index (κ3) is 4.29. The van der Waals surface area contributed by atoms with Crippen LogP contribution in [0.4, 0.5) is 5.69 Å². The number of rotatable bonds is 6. The molecule has 0 spiro atoms. The quantitative estimate of drug-likeness (QED) is 0.585. The Labute approximate surface area is 188 Å². The van der Waals surface area contributed by atoms with E-state index in [0.717, 1.165) is 11.1 Å². The van der Waals surface area contributed by atoms with E-state index in [1.54, 1.807) is 47.5 Å². The highest BCUT2D eigenvalue weighted by Crippen LogP contribution is 2.36. The monoisotopic (exact) mass is 447 g/mol. The molecule has 6 nitrogen and oxygen atoms in total. The molecular weight excluding hydrogens is 422 g/mol. The Balaban J connectivity index is 1.71. The predicted octanol–water partition coefficient (Wildman–Crippen LogP) is 4.88. The predicted molar refractivity (Wildman–Crippen MR) is 126 cm³/mol. The average Bonchev–Trinajstić information content (AvgIpc) is 3.24. The molecule has 3 aromatic carbocycles. The highest BCUT2D eigenvalue weighted by molar-refractivity contribution is 7.92. The minimum atomic E-state index is -3.76. The van der Waals surface area contributed by atoms with Crippen LogP contribution < -0.4 is 4.72 Å². The molecule has 1 heterocycles. The van der Waals surface area contributed by atoms with Crippen molar-refractivity contribution in [2.75, 3.05) is 4.72 Å². The molecule has 0 aliphatic carbocycles. The molecule has 0 aromatic heterocycles. The molecular formula is C25H25N3O3S. The van der Waals surface area contributed by atoms with Gasteiger partial charge < -0.3 is 0 Å². The Morgan fingerprint density at radius 1 is 1.00 bits per heavy atom. The van der Waals surface area contributed by atoms with Gasteiger partial charge in [-0.1, -0.05) is 67.6 Å². The Morgan fingerprint density at radius 3 is 2.38 bits per heavy atom. The zero-order valence-electron chi connectivity index (χ0n) is 18.0. The number of nitrogens with zero attached hydrogens (tertiary/aromatic N) is 2. The minimum absolute atomic E-state index is 0.0735. The summed E-state index contributed by atoms with van der Waals surface area (Å²) < 4.78 is 28.5. The first kappa shape index (κ1) is 21.8. The number of amides is 1. The molecule has 1 atom stereocenters. The van der Waals surface area contributed by atoms with Gasteiger partial charge >= 0.3 is 0 Å². The summed E-state index contributed by atoms with van der Waals surface area (Å²) in [4.78, 5) is 12.9. The fourth-order valence-electron chi connectivity index (χ4n) is 3.90. The number of nitrogens with one attached hydrogen (secondary N) is 1. The second-order valence-electron chi connectivity index (χ2n) is 7.68. The van der Waals surface area contributed by atoms with Gasteiger partial charge in [0.25, 0.3) is 10.0 Å². The molecule has 1 aliphatic heterocycles. The van der Waals surface area contributed by atoms with E-state index >= 15 is 0 Å². The number of carbonyl (C=O) groups is 1. The maximum Gasteiger partial charge on any atom is 0.261 e. The summed E-state index contributed by atoms with van der Waals surface area (Å²) in [5.41, 5.74) is 3.89. The number of hydrogen-bond acceptors (Lipinski definition) is 4. The van der Waals surface area contributed by atoms with Gasteiger partial charge in [0.1, 0.15) is 0 Å². The molecule has 7 heteroatoms. The van der Waals surface area contributed by atoms with Gasteiger partial charge in [-0.3, -0.25) is 9.52 Å². The van der Waals surface area contributed by atoms with Gasteiger partial charge in [0.05, 0.1) is 22.3 Å². The third-order valence-electron chi connectivity index (χ3n) is 5.55. The molecule has 1 N–H and O–H groups in total. The molecule has 1 aliphatic rings. The van der Waals surface area contributed by atoms with E-state index in [4.69, 9.17) is 0 Å². The van der Waals surface area contributed by atoms with E-state index in [2.05, 4.69) is 9.82 Å². The van der Waals surface area contributed by atoms with Crippen LogP contribution in [0.1, 0.15) is 42.5 Å². The molecule has 4 rings (SSSR count). The largest absolute Gasteiger partial charge is 0.279 e. The Kier molecular flexibility index (Phi) is 6.10. The lowest BCUT2D eigenvalue weighted by Crippen LogP contribution is -2.26. The van der Waals surface area contributed by atoms with Crippen LogP contribution in [0.25, 0.3) is 0 Å². The molecule has 0 fully saturated rings. The molecule has 1 unspecified atom stereocenters. The molecule has 0 saturated heterocycles. The van der Waals surface area contributed by atoms with Crippen molar-refractivity contribution in [3.8, 4) is 0 Å².